The first-order chi connectivity index (χ1) is 10.4. The van der Waals surface area contributed by atoms with Gasteiger partial charge in [0.05, 0.1) is 0 Å². The van der Waals surface area contributed by atoms with E-state index in [1.54, 1.807) is 0 Å². The van der Waals surface area contributed by atoms with Gasteiger partial charge in [-0.1, -0.05) is 36.8 Å². The zero-order valence-corrected chi connectivity index (χ0v) is 12.9. The molecule has 114 valence electrons. The Labute approximate surface area is 128 Å². The molecule has 3 atom stereocenters. The zero-order chi connectivity index (χ0) is 14.1. The molecule has 1 aromatic carbocycles. The van der Waals surface area contributed by atoms with Gasteiger partial charge in [-0.2, -0.15) is 0 Å². The Hall–Kier alpha value is -0.900. The van der Waals surface area contributed by atoms with Crippen molar-refractivity contribution in [2.24, 2.45) is 0 Å². The standard InChI is InChI=1S/C18H27N3/c1-2-6-15(7-3-1)16-14-21(13-10-19-16)18-9-12-20-11-5-4-8-17(18)20/h1-3,6-7,16-19H,4-5,8-14H2. The highest BCUT2D eigenvalue weighted by Gasteiger charge is 2.39. The van der Waals surface area contributed by atoms with E-state index in [-0.39, 0.29) is 0 Å². The molecular formula is C18H27N3. The molecule has 1 aromatic rings. The number of nitrogens with one attached hydrogen (secondary N) is 1. The van der Waals surface area contributed by atoms with Crippen molar-refractivity contribution in [2.45, 2.75) is 43.8 Å². The van der Waals surface area contributed by atoms with E-state index in [0.717, 1.165) is 18.6 Å². The van der Waals surface area contributed by atoms with E-state index in [9.17, 15) is 0 Å². The second-order valence-corrected chi connectivity index (χ2v) is 6.87. The van der Waals surface area contributed by atoms with E-state index in [0.29, 0.717) is 6.04 Å². The summed E-state index contributed by atoms with van der Waals surface area (Å²) in [5.74, 6) is 0. The molecule has 0 amide bonds. The van der Waals surface area contributed by atoms with Crippen LogP contribution in [0.25, 0.3) is 0 Å². The van der Waals surface area contributed by atoms with Crippen LogP contribution >= 0.6 is 0 Å². The van der Waals surface area contributed by atoms with E-state index in [4.69, 9.17) is 0 Å². The highest BCUT2D eigenvalue weighted by atomic mass is 15.3. The second-order valence-electron chi connectivity index (χ2n) is 6.87. The van der Waals surface area contributed by atoms with E-state index in [2.05, 4.69) is 45.4 Å². The van der Waals surface area contributed by atoms with Gasteiger partial charge in [-0.05, 0) is 31.4 Å². The molecule has 0 aromatic heterocycles. The predicted molar refractivity (Wildman–Crippen MR) is 86.4 cm³/mol. The molecular weight excluding hydrogens is 258 g/mol. The van der Waals surface area contributed by atoms with Gasteiger partial charge in [-0.25, -0.2) is 0 Å². The topological polar surface area (TPSA) is 18.5 Å². The van der Waals surface area contributed by atoms with Crippen LogP contribution in [0.3, 0.4) is 0 Å². The Balaban J connectivity index is 1.46. The first kappa shape index (κ1) is 13.7. The summed E-state index contributed by atoms with van der Waals surface area (Å²) in [5.41, 5.74) is 1.45. The summed E-state index contributed by atoms with van der Waals surface area (Å²) in [6.07, 6.45) is 5.65. The van der Waals surface area contributed by atoms with Crippen LogP contribution < -0.4 is 5.32 Å². The third-order valence-electron chi connectivity index (χ3n) is 5.70. The molecule has 3 unspecified atom stereocenters. The van der Waals surface area contributed by atoms with Crippen molar-refractivity contribution in [1.29, 1.82) is 0 Å². The number of fused-ring (bicyclic) bond motifs is 1. The average molecular weight is 285 g/mol. The normalized spacial score (nSPS) is 34.8. The summed E-state index contributed by atoms with van der Waals surface area (Å²) in [4.78, 5) is 5.54. The van der Waals surface area contributed by atoms with Crippen LogP contribution in [0.2, 0.25) is 0 Å². The van der Waals surface area contributed by atoms with Gasteiger partial charge >= 0.3 is 0 Å². The second kappa shape index (κ2) is 6.07. The van der Waals surface area contributed by atoms with Gasteiger partial charge in [0.25, 0.3) is 0 Å². The number of piperazine rings is 1. The predicted octanol–water partition coefficient (Wildman–Crippen LogP) is 2.26. The molecule has 1 N–H and O–H groups in total. The van der Waals surface area contributed by atoms with Crippen LogP contribution in [-0.4, -0.2) is 54.6 Å². The molecule has 4 rings (SSSR count). The van der Waals surface area contributed by atoms with Crippen molar-refractivity contribution >= 4 is 0 Å². The van der Waals surface area contributed by atoms with Crippen molar-refractivity contribution < 1.29 is 0 Å². The maximum absolute atomic E-state index is 3.71. The number of hydrogen-bond donors (Lipinski definition) is 1. The van der Waals surface area contributed by atoms with Crippen LogP contribution in [0, 0.1) is 0 Å². The van der Waals surface area contributed by atoms with Crippen LogP contribution in [0.1, 0.15) is 37.3 Å². The largest absolute Gasteiger partial charge is 0.308 e. The highest BCUT2D eigenvalue weighted by Crippen LogP contribution is 2.32. The number of piperidine rings is 1. The molecule has 0 saturated carbocycles. The molecule has 21 heavy (non-hydrogen) atoms. The molecule has 3 fully saturated rings. The maximum atomic E-state index is 3.71. The zero-order valence-electron chi connectivity index (χ0n) is 12.9. The van der Waals surface area contributed by atoms with E-state index in [1.165, 1.54) is 57.4 Å². The lowest BCUT2D eigenvalue weighted by atomic mass is 9.96. The van der Waals surface area contributed by atoms with Gasteiger partial charge in [0, 0.05) is 44.3 Å². The van der Waals surface area contributed by atoms with Crippen molar-refractivity contribution in [3.05, 3.63) is 35.9 Å². The van der Waals surface area contributed by atoms with Crippen LogP contribution in [0.5, 0.6) is 0 Å². The SMILES string of the molecule is c1ccc(C2CN(C3CCN4CCCCC34)CCN2)cc1. The number of nitrogens with zero attached hydrogens (tertiary/aromatic N) is 2. The van der Waals surface area contributed by atoms with E-state index < -0.39 is 0 Å². The summed E-state index contributed by atoms with van der Waals surface area (Å²) in [6, 6.07) is 13.1. The fourth-order valence-electron chi connectivity index (χ4n) is 4.63. The quantitative estimate of drug-likeness (QED) is 0.899. The molecule has 0 radical (unpaired) electrons. The summed E-state index contributed by atoms with van der Waals surface area (Å²) in [7, 11) is 0. The number of hydrogen-bond acceptors (Lipinski definition) is 3. The summed E-state index contributed by atoms with van der Waals surface area (Å²) < 4.78 is 0. The minimum absolute atomic E-state index is 0.512. The first-order valence-corrected chi connectivity index (χ1v) is 8.68. The van der Waals surface area contributed by atoms with Crippen molar-refractivity contribution in [3.63, 3.8) is 0 Å². The van der Waals surface area contributed by atoms with Gasteiger partial charge in [0.2, 0.25) is 0 Å². The third-order valence-corrected chi connectivity index (χ3v) is 5.70. The summed E-state index contributed by atoms with van der Waals surface area (Å²) >= 11 is 0. The molecule has 3 saturated heterocycles. The molecule has 3 aliphatic rings. The van der Waals surface area contributed by atoms with Crippen LogP contribution in [-0.2, 0) is 0 Å². The summed E-state index contributed by atoms with van der Waals surface area (Å²) in [5, 5.41) is 3.71. The Bertz CT molecular complexity index is 461. The fraction of sp³-hybridized carbons (Fsp3) is 0.667. The lowest BCUT2D eigenvalue weighted by molar-refractivity contribution is 0.0900. The molecule has 0 aliphatic carbocycles. The average Bonchev–Trinajstić information content (AvgIpc) is 3.00. The van der Waals surface area contributed by atoms with E-state index in [1.807, 2.05) is 0 Å². The minimum Gasteiger partial charge on any atom is -0.308 e. The minimum atomic E-state index is 0.512. The van der Waals surface area contributed by atoms with Crippen LogP contribution in [0.4, 0.5) is 0 Å². The number of benzene rings is 1. The van der Waals surface area contributed by atoms with E-state index >= 15 is 0 Å². The van der Waals surface area contributed by atoms with Crippen molar-refractivity contribution in [3.8, 4) is 0 Å². The smallest absolute Gasteiger partial charge is 0.0449 e. The van der Waals surface area contributed by atoms with Crippen molar-refractivity contribution in [1.82, 2.24) is 15.1 Å². The molecule has 0 spiro atoms. The lowest BCUT2D eigenvalue weighted by Crippen LogP contribution is -2.54. The molecule has 3 heteroatoms. The Morgan fingerprint density at radius 3 is 2.62 bits per heavy atom. The van der Waals surface area contributed by atoms with Gasteiger partial charge in [0.1, 0.15) is 0 Å². The summed E-state index contributed by atoms with van der Waals surface area (Å²) in [6.45, 7) is 6.20. The van der Waals surface area contributed by atoms with Gasteiger partial charge in [0.15, 0.2) is 0 Å². The molecule has 0 bridgehead atoms. The van der Waals surface area contributed by atoms with Crippen molar-refractivity contribution in [2.75, 3.05) is 32.7 Å². The molecule has 3 nitrogen and oxygen atoms in total. The van der Waals surface area contributed by atoms with Gasteiger partial charge in [-0.15, -0.1) is 0 Å². The lowest BCUT2D eigenvalue weighted by Gasteiger charge is -2.42. The fourth-order valence-corrected chi connectivity index (χ4v) is 4.63. The maximum Gasteiger partial charge on any atom is 0.0449 e. The third kappa shape index (κ3) is 2.75. The number of rotatable bonds is 2. The molecule has 3 heterocycles. The molecule has 3 aliphatic heterocycles. The Kier molecular flexibility index (Phi) is 3.97. The highest BCUT2D eigenvalue weighted by molar-refractivity contribution is 5.20. The van der Waals surface area contributed by atoms with Gasteiger partial charge in [-0.3, -0.25) is 9.80 Å². The monoisotopic (exact) mass is 285 g/mol. The van der Waals surface area contributed by atoms with Gasteiger partial charge < -0.3 is 5.32 Å². The first-order valence-electron chi connectivity index (χ1n) is 8.68. The Morgan fingerprint density at radius 2 is 1.71 bits per heavy atom. The van der Waals surface area contributed by atoms with Crippen LogP contribution in [0.15, 0.2) is 30.3 Å². The Morgan fingerprint density at radius 1 is 0.857 bits per heavy atom.